The van der Waals surface area contributed by atoms with Crippen molar-refractivity contribution in [2.45, 2.75) is 0 Å². The summed E-state index contributed by atoms with van der Waals surface area (Å²) in [6, 6.07) is 12.9. The number of hydrogen-bond donors (Lipinski definition) is 1. The van der Waals surface area contributed by atoms with Gasteiger partial charge >= 0.3 is 5.97 Å². The molecule has 3 aromatic rings. The number of benzene rings is 2. The number of ether oxygens (including phenoxy) is 4. The minimum Gasteiger partial charge on any atom is -0.493 e. The second-order valence-electron chi connectivity index (χ2n) is 6.31. The van der Waals surface area contributed by atoms with E-state index in [9.17, 15) is 9.59 Å². The van der Waals surface area contributed by atoms with Gasteiger partial charge in [0.15, 0.2) is 23.0 Å². The summed E-state index contributed by atoms with van der Waals surface area (Å²) in [4.78, 5) is 28.4. The van der Waals surface area contributed by atoms with Crippen LogP contribution in [-0.4, -0.2) is 44.4 Å². The minimum absolute atomic E-state index is 0.243. The Bertz CT molecular complexity index is 1130. The van der Waals surface area contributed by atoms with Crippen LogP contribution < -0.4 is 24.4 Å². The Morgan fingerprint density at radius 1 is 0.875 bits per heavy atom. The number of hydrogen-bond acceptors (Lipinski definition) is 8. The lowest BCUT2D eigenvalue weighted by atomic mass is 10.2. The van der Waals surface area contributed by atoms with Crippen LogP contribution in [0.3, 0.4) is 0 Å². The molecule has 0 atom stereocenters. The van der Waals surface area contributed by atoms with E-state index in [4.69, 9.17) is 18.9 Å². The molecule has 0 unspecified atom stereocenters. The summed E-state index contributed by atoms with van der Waals surface area (Å²) in [6.45, 7) is 0. The molecule has 0 fully saturated rings. The summed E-state index contributed by atoms with van der Waals surface area (Å²) >= 11 is 0. The zero-order valence-electron chi connectivity index (χ0n) is 17.7. The van der Waals surface area contributed by atoms with Crippen molar-refractivity contribution in [3.63, 3.8) is 0 Å². The number of nitrogens with one attached hydrogen (secondary N) is 1. The molecular weight excluding hydrogens is 414 g/mol. The predicted octanol–water partition coefficient (Wildman–Crippen LogP) is 3.09. The molecule has 9 nitrogen and oxygen atoms in total. The van der Waals surface area contributed by atoms with Crippen molar-refractivity contribution in [1.82, 2.24) is 10.4 Å². The van der Waals surface area contributed by atoms with Crippen LogP contribution in [0, 0.1) is 0 Å². The predicted molar refractivity (Wildman–Crippen MR) is 117 cm³/mol. The van der Waals surface area contributed by atoms with E-state index in [1.807, 2.05) is 0 Å². The monoisotopic (exact) mass is 435 g/mol. The first-order valence-corrected chi connectivity index (χ1v) is 9.41. The fourth-order valence-corrected chi connectivity index (χ4v) is 2.70. The van der Waals surface area contributed by atoms with Crippen LogP contribution in [-0.2, 0) is 0 Å². The van der Waals surface area contributed by atoms with E-state index in [1.165, 1.54) is 33.7 Å². The van der Waals surface area contributed by atoms with Gasteiger partial charge in [0.1, 0.15) is 0 Å². The molecule has 2 aromatic carbocycles. The second-order valence-corrected chi connectivity index (χ2v) is 6.31. The number of nitrogens with zero attached hydrogens (tertiary/aromatic N) is 2. The molecule has 0 bridgehead atoms. The number of carbonyl (C=O) groups excluding carboxylic acids is 2. The summed E-state index contributed by atoms with van der Waals surface area (Å²) in [5.74, 6) is 0.552. The summed E-state index contributed by atoms with van der Waals surface area (Å²) in [7, 11) is 4.46. The van der Waals surface area contributed by atoms with Crippen molar-refractivity contribution in [1.29, 1.82) is 0 Å². The average molecular weight is 435 g/mol. The van der Waals surface area contributed by atoms with Crippen LogP contribution in [0.2, 0.25) is 0 Å². The maximum Gasteiger partial charge on any atom is 0.345 e. The Kier molecular flexibility index (Phi) is 7.37. The first-order valence-electron chi connectivity index (χ1n) is 9.41. The normalized spacial score (nSPS) is 10.5. The van der Waals surface area contributed by atoms with Crippen molar-refractivity contribution in [3.05, 3.63) is 77.6 Å². The molecule has 1 heterocycles. The second kappa shape index (κ2) is 10.6. The van der Waals surface area contributed by atoms with Gasteiger partial charge in [0.05, 0.1) is 33.1 Å². The highest BCUT2D eigenvalue weighted by Crippen LogP contribution is 2.29. The fraction of sp³-hybridized carbons (Fsp3) is 0.130. The Hall–Kier alpha value is -4.40. The van der Waals surface area contributed by atoms with Crippen LogP contribution in [0.4, 0.5) is 0 Å². The number of amides is 1. The van der Waals surface area contributed by atoms with Crippen molar-refractivity contribution < 1.29 is 28.5 Å². The van der Waals surface area contributed by atoms with E-state index >= 15 is 0 Å². The van der Waals surface area contributed by atoms with Crippen molar-refractivity contribution in [2.75, 3.05) is 21.3 Å². The largest absolute Gasteiger partial charge is 0.493 e. The number of rotatable bonds is 8. The van der Waals surface area contributed by atoms with Gasteiger partial charge in [-0.3, -0.25) is 9.78 Å². The topological polar surface area (TPSA) is 108 Å². The first-order chi connectivity index (χ1) is 15.5. The van der Waals surface area contributed by atoms with Gasteiger partial charge in [-0.15, -0.1) is 0 Å². The zero-order chi connectivity index (χ0) is 22.9. The number of aromatic nitrogens is 1. The van der Waals surface area contributed by atoms with Crippen molar-refractivity contribution >= 4 is 18.1 Å². The molecule has 0 saturated carbocycles. The number of esters is 1. The summed E-state index contributed by atoms with van der Waals surface area (Å²) in [5.41, 5.74) is 3.74. The quantitative estimate of drug-likeness (QED) is 0.251. The van der Waals surface area contributed by atoms with E-state index in [0.29, 0.717) is 33.9 Å². The molecule has 0 aliphatic carbocycles. The van der Waals surface area contributed by atoms with Crippen molar-refractivity contribution in [3.8, 4) is 23.0 Å². The Morgan fingerprint density at radius 3 is 2.28 bits per heavy atom. The summed E-state index contributed by atoms with van der Waals surface area (Å²) in [5, 5.41) is 3.96. The molecule has 1 N–H and O–H groups in total. The standard InChI is InChI=1S/C23H21N3O6/c1-29-18-9-7-16(12-21(18)31-3)22(27)26-25-13-15-6-8-19(20(11-15)30-2)32-23(28)17-5-4-10-24-14-17/h4-14H,1-3H3,(H,26,27). The SMILES string of the molecule is COc1ccc(C(=O)NN=Cc2ccc(OC(=O)c3cccnc3)c(OC)c2)cc1OC. The molecule has 164 valence electrons. The highest BCUT2D eigenvalue weighted by Gasteiger charge is 2.13. The molecule has 3 rings (SSSR count). The van der Waals surface area contributed by atoms with Gasteiger partial charge in [-0.2, -0.15) is 5.10 Å². The minimum atomic E-state index is -0.556. The Balaban J connectivity index is 1.67. The van der Waals surface area contributed by atoms with Crippen LogP contribution in [0.25, 0.3) is 0 Å². The molecule has 0 saturated heterocycles. The lowest BCUT2D eigenvalue weighted by molar-refractivity contribution is 0.0729. The third kappa shape index (κ3) is 5.39. The number of carbonyl (C=O) groups is 2. The molecule has 0 aliphatic heterocycles. The Labute approximate surface area is 184 Å². The maximum absolute atomic E-state index is 12.3. The number of methoxy groups -OCH3 is 3. The molecule has 1 amide bonds. The van der Waals surface area contributed by atoms with Gasteiger partial charge < -0.3 is 18.9 Å². The highest BCUT2D eigenvalue weighted by molar-refractivity contribution is 5.95. The highest BCUT2D eigenvalue weighted by atomic mass is 16.6. The van der Waals surface area contributed by atoms with Crippen LogP contribution in [0.1, 0.15) is 26.3 Å². The van der Waals surface area contributed by atoms with Crippen LogP contribution in [0.5, 0.6) is 23.0 Å². The molecule has 0 spiro atoms. The van der Waals surface area contributed by atoms with Gasteiger partial charge in [-0.25, -0.2) is 10.2 Å². The third-order valence-corrected chi connectivity index (χ3v) is 4.31. The van der Waals surface area contributed by atoms with E-state index in [1.54, 1.807) is 54.7 Å². The molecule has 32 heavy (non-hydrogen) atoms. The maximum atomic E-state index is 12.3. The fourth-order valence-electron chi connectivity index (χ4n) is 2.70. The number of pyridine rings is 1. The Morgan fingerprint density at radius 2 is 1.59 bits per heavy atom. The molecule has 9 heteroatoms. The van der Waals surface area contributed by atoms with Gasteiger partial charge in [0.2, 0.25) is 0 Å². The lowest BCUT2D eigenvalue weighted by Crippen LogP contribution is -2.17. The summed E-state index contributed by atoms with van der Waals surface area (Å²) < 4.78 is 21.0. The van der Waals surface area contributed by atoms with Crippen LogP contribution >= 0.6 is 0 Å². The van der Waals surface area contributed by atoms with Gasteiger partial charge in [0, 0.05) is 18.0 Å². The van der Waals surface area contributed by atoms with Gasteiger partial charge in [0.25, 0.3) is 5.91 Å². The van der Waals surface area contributed by atoms with Crippen LogP contribution in [0.15, 0.2) is 66.0 Å². The van der Waals surface area contributed by atoms with Gasteiger partial charge in [-0.05, 0) is 54.1 Å². The van der Waals surface area contributed by atoms with E-state index < -0.39 is 11.9 Å². The van der Waals surface area contributed by atoms with E-state index in [2.05, 4.69) is 15.5 Å². The summed E-state index contributed by atoms with van der Waals surface area (Å²) in [6.07, 6.45) is 4.42. The molecule has 0 radical (unpaired) electrons. The molecule has 0 aliphatic rings. The molecular formula is C23H21N3O6. The van der Waals surface area contributed by atoms with E-state index in [0.717, 1.165) is 0 Å². The van der Waals surface area contributed by atoms with Crippen molar-refractivity contribution in [2.24, 2.45) is 5.10 Å². The number of hydrazone groups is 1. The molecule has 1 aromatic heterocycles. The lowest BCUT2D eigenvalue weighted by Gasteiger charge is -2.10. The van der Waals surface area contributed by atoms with Gasteiger partial charge in [-0.1, -0.05) is 0 Å². The third-order valence-electron chi connectivity index (χ3n) is 4.31. The smallest absolute Gasteiger partial charge is 0.345 e. The van der Waals surface area contributed by atoms with E-state index in [-0.39, 0.29) is 5.75 Å². The average Bonchev–Trinajstić information content (AvgIpc) is 2.84. The first kappa shape index (κ1) is 22.3. The zero-order valence-corrected chi connectivity index (χ0v) is 17.7.